The minimum atomic E-state index is -3.12. The van der Waals surface area contributed by atoms with Gasteiger partial charge in [-0.3, -0.25) is 0 Å². The van der Waals surface area contributed by atoms with Crippen molar-refractivity contribution >= 4 is 9.84 Å². The van der Waals surface area contributed by atoms with E-state index in [1.165, 1.54) is 6.26 Å². The predicted molar refractivity (Wildman–Crippen MR) is 68.2 cm³/mol. The van der Waals surface area contributed by atoms with E-state index in [-0.39, 0.29) is 0 Å². The van der Waals surface area contributed by atoms with Gasteiger partial charge in [0.05, 0.1) is 4.90 Å². The van der Waals surface area contributed by atoms with Crippen molar-refractivity contribution in [3.63, 3.8) is 0 Å². The molecule has 96 valence electrons. The van der Waals surface area contributed by atoms with Crippen LogP contribution in [-0.2, 0) is 9.84 Å². The summed E-state index contributed by atoms with van der Waals surface area (Å²) in [7, 11) is -3.12. The molecule has 1 N–H and O–H groups in total. The van der Waals surface area contributed by atoms with Crippen molar-refractivity contribution < 1.29 is 13.2 Å². The zero-order valence-corrected chi connectivity index (χ0v) is 11.1. The topological polar surface area (TPSA) is 55.4 Å². The molecule has 0 aromatic heterocycles. The summed E-state index contributed by atoms with van der Waals surface area (Å²) in [5.74, 6) is 0.690. The number of rotatable bonds is 7. The summed E-state index contributed by atoms with van der Waals surface area (Å²) < 4.78 is 27.9. The molecule has 0 bridgehead atoms. The molecule has 0 aliphatic heterocycles. The normalized spacial score (nSPS) is 11.4. The van der Waals surface area contributed by atoms with Gasteiger partial charge in [0, 0.05) is 12.8 Å². The summed E-state index contributed by atoms with van der Waals surface area (Å²) in [5, 5.41) is 3.22. The standard InChI is InChI=1S/C12H19NO3S/c1-3-8-13-9-10-16-11-4-6-12(7-5-11)17(2,14)15/h4-7,13H,3,8-10H2,1-2H3. The highest BCUT2D eigenvalue weighted by atomic mass is 32.2. The molecule has 1 rings (SSSR count). The molecule has 0 saturated carbocycles. The monoisotopic (exact) mass is 257 g/mol. The van der Waals surface area contributed by atoms with Gasteiger partial charge in [0.2, 0.25) is 0 Å². The fourth-order valence-corrected chi connectivity index (χ4v) is 1.96. The molecule has 0 fully saturated rings. The van der Waals surface area contributed by atoms with Crippen LogP contribution >= 0.6 is 0 Å². The minimum absolute atomic E-state index is 0.314. The Morgan fingerprint density at radius 1 is 1.18 bits per heavy atom. The van der Waals surface area contributed by atoms with Gasteiger partial charge in [0.1, 0.15) is 12.4 Å². The van der Waals surface area contributed by atoms with Gasteiger partial charge in [-0.15, -0.1) is 0 Å². The second kappa shape index (κ2) is 6.61. The maximum absolute atomic E-state index is 11.2. The van der Waals surface area contributed by atoms with Crippen LogP contribution in [0.4, 0.5) is 0 Å². The number of ether oxygens (including phenoxy) is 1. The molecular formula is C12H19NO3S. The Kier molecular flexibility index (Phi) is 5.44. The van der Waals surface area contributed by atoms with Crippen molar-refractivity contribution in [2.75, 3.05) is 26.0 Å². The van der Waals surface area contributed by atoms with Crippen LogP contribution < -0.4 is 10.1 Å². The van der Waals surface area contributed by atoms with Gasteiger partial charge in [-0.2, -0.15) is 0 Å². The van der Waals surface area contributed by atoms with E-state index in [4.69, 9.17) is 4.74 Å². The second-order valence-electron chi connectivity index (χ2n) is 3.84. The largest absolute Gasteiger partial charge is 0.492 e. The van der Waals surface area contributed by atoms with Gasteiger partial charge in [0.25, 0.3) is 0 Å². The first-order chi connectivity index (χ1) is 8.04. The highest BCUT2D eigenvalue weighted by molar-refractivity contribution is 7.90. The molecule has 0 radical (unpaired) electrons. The van der Waals surface area contributed by atoms with E-state index in [0.717, 1.165) is 19.5 Å². The maximum Gasteiger partial charge on any atom is 0.175 e. The number of benzene rings is 1. The summed E-state index contributed by atoms with van der Waals surface area (Å²) in [6.45, 7) is 4.47. The van der Waals surface area contributed by atoms with Crippen molar-refractivity contribution in [3.8, 4) is 5.75 Å². The summed E-state index contributed by atoms with van der Waals surface area (Å²) in [6.07, 6.45) is 2.29. The van der Waals surface area contributed by atoms with Crippen LogP contribution in [0.15, 0.2) is 29.2 Å². The second-order valence-corrected chi connectivity index (χ2v) is 5.86. The third-order valence-corrected chi connectivity index (χ3v) is 3.35. The van der Waals surface area contributed by atoms with Crippen LogP contribution in [-0.4, -0.2) is 34.4 Å². The maximum atomic E-state index is 11.2. The molecule has 5 heteroatoms. The molecule has 17 heavy (non-hydrogen) atoms. The average molecular weight is 257 g/mol. The summed E-state index contributed by atoms with van der Waals surface area (Å²) >= 11 is 0. The van der Waals surface area contributed by atoms with Crippen molar-refractivity contribution in [3.05, 3.63) is 24.3 Å². The highest BCUT2D eigenvalue weighted by Crippen LogP contribution is 2.15. The first kappa shape index (κ1) is 14.0. The lowest BCUT2D eigenvalue weighted by molar-refractivity contribution is 0.314. The predicted octanol–water partition coefficient (Wildman–Crippen LogP) is 1.47. The molecule has 0 heterocycles. The lowest BCUT2D eigenvalue weighted by Gasteiger charge is -2.07. The molecule has 4 nitrogen and oxygen atoms in total. The van der Waals surface area contributed by atoms with Crippen LogP contribution in [0.5, 0.6) is 5.75 Å². The van der Waals surface area contributed by atoms with E-state index in [0.29, 0.717) is 17.3 Å². The summed E-state index contributed by atoms with van der Waals surface area (Å²) in [5.41, 5.74) is 0. The van der Waals surface area contributed by atoms with Gasteiger partial charge in [0.15, 0.2) is 9.84 Å². The molecule has 0 saturated heterocycles. The molecule has 1 aromatic rings. The molecule has 0 unspecified atom stereocenters. The molecular weight excluding hydrogens is 238 g/mol. The highest BCUT2D eigenvalue weighted by Gasteiger charge is 2.05. The van der Waals surface area contributed by atoms with Crippen LogP contribution in [0, 0.1) is 0 Å². The average Bonchev–Trinajstić information content (AvgIpc) is 2.28. The van der Waals surface area contributed by atoms with Crippen molar-refractivity contribution in [1.29, 1.82) is 0 Å². The lowest BCUT2D eigenvalue weighted by Crippen LogP contribution is -2.21. The minimum Gasteiger partial charge on any atom is -0.492 e. The Hall–Kier alpha value is -1.07. The Morgan fingerprint density at radius 2 is 1.82 bits per heavy atom. The molecule has 0 aliphatic rings. The fourth-order valence-electron chi connectivity index (χ4n) is 1.33. The smallest absolute Gasteiger partial charge is 0.175 e. The van der Waals surface area contributed by atoms with Gasteiger partial charge >= 0.3 is 0 Å². The van der Waals surface area contributed by atoms with Gasteiger partial charge in [-0.25, -0.2) is 8.42 Å². The van der Waals surface area contributed by atoms with E-state index in [1.54, 1.807) is 24.3 Å². The van der Waals surface area contributed by atoms with Crippen LogP contribution in [0.2, 0.25) is 0 Å². The van der Waals surface area contributed by atoms with E-state index in [2.05, 4.69) is 12.2 Å². The zero-order chi connectivity index (χ0) is 12.7. The summed E-state index contributed by atoms with van der Waals surface area (Å²) in [4.78, 5) is 0.314. The number of sulfone groups is 1. The molecule has 1 aromatic carbocycles. The van der Waals surface area contributed by atoms with Gasteiger partial charge < -0.3 is 10.1 Å². The molecule has 0 spiro atoms. The zero-order valence-electron chi connectivity index (χ0n) is 10.3. The lowest BCUT2D eigenvalue weighted by atomic mass is 10.3. The quantitative estimate of drug-likeness (QED) is 0.752. The van der Waals surface area contributed by atoms with Crippen LogP contribution in [0.1, 0.15) is 13.3 Å². The molecule has 0 amide bonds. The van der Waals surface area contributed by atoms with Crippen molar-refractivity contribution in [2.24, 2.45) is 0 Å². The van der Waals surface area contributed by atoms with E-state index < -0.39 is 9.84 Å². The van der Waals surface area contributed by atoms with E-state index in [9.17, 15) is 8.42 Å². The first-order valence-corrected chi connectivity index (χ1v) is 7.57. The molecule has 0 aliphatic carbocycles. The van der Waals surface area contributed by atoms with E-state index >= 15 is 0 Å². The third kappa shape index (κ3) is 5.19. The third-order valence-electron chi connectivity index (χ3n) is 2.23. The Balaban J connectivity index is 2.41. The Bertz CT molecular complexity index is 426. The SMILES string of the molecule is CCCNCCOc1ccc(S(C)(=O)=O)cc1. The van der Waals surface area contributed by atoms with Crippen LogP contribution in [0.3, 0.4) is 0 Å². The van der Waals surface area contributed by atoms with Gasteiger partial charge in [-0.1, -0.05) is 6.92 Å². The molecule has 0 atom stereocenters. The van der Waals surface area contributed by atoms with Gasteiger partial charge in [-0.05, 0) is 37.2 Å². The Labute approximate surface area is 103 Å². The van der Waals surface area contributed by atoms with Crippen LogP contribution in [0.25, 0.3) is 0 Å². The number of hydrogen-bond donors (Lipinski definition) is 1. The number of nitrogens with one attached hydrogen (secondary N) is 1. The summed E-state index contributed by atoms with van der Waals surface area (Å²) in [6, 6.07) is 6.47. The first-order valence-electron chi connectivity index (χ1n) is 5.67. The van der Waals surface area contributed by atoms with Crippen molar-refractivity contribution in [1.82, 2.24) is 5.32 Å². The fraction of sp³-hybridized carbons (Fsp3) is 0.500. The number of hydrogen-bond acceptors (Lipinski definition) is 4. The van der Waals surface area contributed by atoms with E-state index in [1.807, 2.05) is 0 Å². The Morgan fingerprint density at radius 3 is 2.35 bits per heavy atom. The van der Waals surface area contributed by atoms with Crippen molar-refractivity contribution in [2.45, 2.75) is 18.2 Å².